The molecular formula is C17H34N2O. The summed E-state index contributed by atoms with van der Waals surface area (Å²) in [6.07, 6.45) is 7.37. The minimum Gasteiger partial charge on any atom is -0.353 e. The Hall–Kier alpha value is -0.570. The Morgan fingerprint density at radius 1 is 1.25 bits per heavy atom. The molecule has 0 aromatic heterocycles. The molecule has 1 aliphatic rings. The standard InChI is InChI=1S/C17H34N2O/c1-13(2)14(9-12-18)5-6-16(20)19-15-7-10-17(3,4)11-8-15/h13-15H,5-12,18H2,1-4H3,(H,19,20). The third-order valence-corrected chi connectivity index (χ3v) is 4.93. The van der Waals surface area contributed by atoms with Crippen LogP contribution in [0.15, 0.2) is 0 Å². The Labute approximate surface area is 125 Å². The summed E-state index contributed by atoms with van der Waals surface area (Å²) >= 11 is 0. The Balaban J connectivity index is 2.26. The minimum absolute atomic E-state index is 0.234. The summed E-state index contributed by atoms with van der Waals surface area (Å²) in [6.45, 7) is 9.82. The van der Waals surface area contributed by atoms with Crippen molar-refractivity contribution in [1.82, 2.24) is 5.32 Å². The largest absolute Gasteiger partial charge is 0.353 e. The molecule has 3 heteroatoms. The fraction of sp³-hybridized carbons (Fsp3) is 0.941. The lowest BCUT2D eigenvalue weighted by molar-refractivity contribution is -0.122. The van der Waals surface area contributed by atoms with Crippen LogP contribution in [0.4, 0.5) is 0 Å². The van der Waals surface area contributed by atoms with Crippen LogP contribution in [0.3, 0.4) is 0 Å². The maximum Gasteiger partial charge on any atom is 0.220 e. The molecule has 3 N–H and O–H groups in total. The number of nitrogens with two attached hydrogens (primary N) is 1. The van der Waals surface area contributed by atoms with Crippen LogP contribution >= 0.6 is 0 Å². The van der Waals surface area contributed by atoms with Gasteiger partial charge in [0.05, 0.1) is 0 Å². The van der Waals surface area contributed by atoms with Crippen molar-refractivity contribution in [3.63, 3.8) is 0 Å². The number of nitrogens with one attached hydrogen (secondary N) is 1. The first-order chi connectivity index (χ1) is 9.34. The van der Waals surface area contributed by atoms with Gasteiger partial charge in [-0.25, -0.2) is 0 Å². The van der Waals surface area contributed by atoms with E-state index in [1.807, 2.05) is 0 Å². The van der Waals surface area contributed by atoms with Crippen molar-refractivity contribution in [2.75, 3.05) is 6.54 Å². The van der Waals surface area contributed by atoms with Gasteiger partial charge in [0, 0.05) is 12.5 Å². The number of hydrogen-bond donors (Lipinski definition) is 2. The molecule has 0 aromatic rings. The van der Waals surface area contributed by atoms with Crippen molar-refractivity contribution < 1.29 is 4.79 Å². The van der Waals surface area contributed by atoms with Gasteiger partial charge in [0.15, 0.2) is 0 Å². The van der Waals surface area contributed by atoms with Gasteiger partial charge in [0.2, 0.25) is 5.91 Å². The summed E-state index contributed by atoms with van der Waals surface area (Å²) in [4.78, 5) is 12.1. The first-order valence-corrected chi connectivity index (χ1v) is 8.33. The van der Waals surface area contributed by atoms with Gasteiger partial charge in [-0.15, -0.1) is 0 Å². The van der Waals surface area contributed by atoms with Crippen molar-refractivity contribution in [2.24, 2.45) is 23.0 Å². The summed E-state index contributed by atoms with van der Waals surface area (Å²) in [7, 11) is 0. The van der Waals surface area contributed by atoms with Crippen LogP contribution in [0.1, 0.15) is 72.6 Å². The zero-order valence-electron chi connectivity index (χ0n) is 13.9. The first-order valence-electron chi connectivity index (χ1n) is 8.33. The summed E-state index contributed by atoms with van der Waals surface area (Å²) < 4.78 is 0. The maximum atomic E-state index is 12.1. The van der Waals surface area contributed by atoms with Gasteiger partial charge < -0.3 is 11.1 Å². The lowest BCUT2D eigenvalue weighted by atomic mass is 9.75. The molecule has 0 spiro atoms. The van der Waals surface area contributed by atoms with E-state index >= 15 is 0 Å². The highest BCUT2D eigenvalue weighted by Crippen LogP contribution is 2.35. The van der Waals surface area contributed by atoms with Gasteiger partial charge >= 0.3 is 0 Å². The lowest BCUT2D eigenvalue weighted by Crippen LogP contribution is -2.39. The average Bonchev–Trinajstić information content (AvgIpc) is 2.36. The van der Waals surface area contributed by atoms with E-state index in [0.29, 0.717) is 29.7 Å². The molecule has 1 fully saturated rings. The normalized spacial score (nSPS) is 20.9. The van der Waals surface area contributed by atoms with Crippen LogP contribution in [0.2, 0.25) is 0 Å². The van der Waals surface area contributed by atoms with Gasteiger partial charge in [-0.1, -0.05) is 27.7 Å². The fourth-order valence-electron chi connectivity index (χ4n) is 3.19. The predicted molar refractivity (Wildman–Crippen MR) is 85.4 cm³/mol. The Morgan fingerprint density at radius 3 is 2.35 bits per heavy atom. The smallest absolute Gasteiger partial charge is 0.220 e. The monoisotopic (exact) mass is 282 g/mol. The third kappa shape index (κ3) is 6.25. The number of hydrogen-bond acceptors (Lipinski definition) is 2. The fourth-order valence-corrected chi connectivity index (χ4v) is 3.19. The van der Waals surface area contributed by atoms with Gasteiger partial charge in [-0.2, -0.15) is 0 Å². The molecule has 20 heavy (non-hydrogen) atoms. The van der Waals surface area contributed by atoms with Crippen molar-refractivity contribution in [3.8, 4) is 0 Å². The molecule has 1 aliphatic carbocycles. The molecule has 1 unspecified atom stereocenters. The highest BCUT2D eigenvalue weighted by molar-refractivity contribution is 5.76. The molecule has 0 aliphatic heterocycles. The molecule has 1 amide bonds. The Morgan fingerprint density at radius 2 is 1.85 bits per heavy atom. The van der Waals surface area contributed by atoms with E-state index in [0.717, 1.165) is 32.2 Å². The molecule has 0 saturated heterocycles. The van der Waals surface area contributed by atoms with E-state index < -0.39 is 0 Å². The van der Waals surface area contributed by atoms with Crippen LogP contribution in [0.25, 0.3) is 0 Å². The molecule has 0 heterocycles. The molecule has 0 radical (unpaired) electrons. The molecule has 1 saturated carbocycles. The molecule has 1 atom stereocenters. The summed E-state index contributed by atoms with van der Waals surface area (Å²) in [5.41, 5.74) is 6.11. The van der Waals surface area contributed by atoms with Crippen LogP contribution in [-0.2, 0) is 4.79 Å². The van der Waals surface area contributed by atoms with Gasteiger partial charge in [0.25, 0.3) is 0 Å². The van der Waals surface area contributed by atoms with Crippen LogP contribution in [-0.4, -0.2) is 18.5 Å². The van der Waals surface area contributed by atoms with E-state index in [4.69, 9.17) is 5.73 Å². The zero-order chi connectivity index (χ0) is 15.2. The topological polar surface area (TPSA) is 55.1 Å². The maximum absolute atomic E-state index is 12.1. The minimum atomic E-state index is 0.234. The quantitative estimate of drug-likeness (QED) is 0.751. The van der Waals surface area contributed by atoms with E-state index in [2.05, 4.69) is 33.0 Å². The predicted octanol–water partition coefficient (Wildman–Crippen LogP) is 3.47. The molecule has 118 valence electrons. The van der Waals surface area contributed by atoms with Crippen molar-refractivity contribution in [3.05, 3.63) is 0 Å². The van der Waals surface area contributed by atoms with Gasteiger partial charge in [-0.05, 0) is 62.3 Å². The third-order valence-electron chi connectivity index (χ3n) is 4.93. The van der Waals surface area contributed by atoms with E-state index in [1.54, 1.807) is 0 Å². The molecular weight excluding hydrogens is 248 g/mol. The van der Waals surface area contributed by atoms with Crippen LogP contribution < -0.4 is 11.1 Å². The Kier molecular flexibility index (Phi) is 7.01. The Bertz CT molecular complexity index is 289. The number of carbonyl (C=O) groups excluding carboxylic acids is 1. The zero-order valence-corrected chi connectivity index (χ0v) is 13.9. The van der Waals surface area contributed by atoms with Crippen molar-refractivity contribution in [1.29, 1.82) is 0 Å². The second-order valence-corrected chi connectivity index (χ2v) is 7.63. The van der Waals surface area contributed by atoms with E-state index in [9.17, 15) is 4.79 Å². The molecule has 1 rings (SSSR count). The summed E-state index contributed by atoms with van der Waals surface area (Å²) in [5.74, 6) is 1.43. The SMILES string of the molecule is CC(C)C(CCN)CCC(=O)NC1CCC(C)(C)CC1. The summed E-state index contributed by atoms with van der Waals surface area (Å²) in [5, 5.41) is 3.22. The highest BCUT2D eigenvalue weighted by atomic mass is 16.1. The van der Waals surface area contributed by atoms with Crippen molar-refractivity contribution >= 4 is 5.91 Å². The lowest BCUT2D eigenvalue weighted by Gasteiger charge is -2.34. The van der Waals surface area contributed by atoms with Gasteiger partial charge in [-0.3, -0.25) is 4.79 Å². The van der Waals surface area contributed by atoms with E-state index in [-0.39, 0.29) is 5.91 Å². The van der Waals surface area contributed by atoms with E-state index in [1.165, 1.54) is 12.8 Å². The second kappa shape index (κ2) is 8.02. The van der Waals surface area contributed by atoms with Crippen LogP contribution in [0.5, 0.6) is 0 Å². The number of rotatable bonds is 7. The number of carbonyl (C=O) groups is 1. The molecule has 0 bridgehead atoms. The average molecular weight is 282 g/mol. The highest BCUT2D eigenvalue weighted by Gasteiger charge is 2.27. The molecule has 3 nitrogen and oxygen atoms in total. The molecule has 0 aromatic carbocycles. The van der Waals surface area contributed by atoms with Gasteiger partial charge in [0.1, 0.15) is 0 Å². The van der Waals surface area contributed by atoms with Crippen molar-refractivity contribution in [2.45, 2.75) is 78.7 Å². The first kappa shape index (κ1) is 17.5. The second-order valence-electron chi connectivity index (χ2n) is 7.63. The summed E-state index contributed by atoms with van der Waals surface area (Å²) in [6, 6.07) is 0.405. The van der Waals surface area contributed by atoms with Crippen LogP contribution in [0, 0.1) is 17.3 Å². The number of amides is 1.